The fraction of sp³-hybridized carbons (Fsp3) is 0.429. The van der Waals surface area contributed by atoms with E-state index in [1.54, 1.807) is 28.6 Å². The Labute approximate surface area is 167 Å². The predicted octanol–water partition coefficient (Wildman–Crippen LogP) is 3.59. The van der Waals surface area contributed by atoms with Crippen molar-refractivity contribution in [3.63, 3.8) is 0 Å². The van der Waals surface area contributed by atoms with Crippen molar-refractivity contribution in [2.75, 3.05) is 39.3 Å². The molecule has 1 saturated heterocycles. The minimum Gasteiger partial charge on any atom is -0.494 e. The van der Waals surface area contributed by atoms with Gasteiger partial charge in [-0.3, -0.25) is 0 Å². The van der Waals surface area contributed by atoms with Crippen molar-refractivity contribution < 1.29 is 17.9 Å². The van der Waals surface area contributed by atoms with Crippen molar-refractivity contribution in [1.29, 1.82) is 0 Å². The Morgan fingerprint density at radius 2 is 1.43 bits per heavy atom. The second-order valence-electron chi connectivity index (χ2n) is 6.67. The molecule has 6 nitrogen and oxygen atoms in total. The van der Waals surface area contributed by atoms with E-state index in [-0.39, 0.29) is 0 Å². The van der Waals surface area contributed by atoms with Crippen LogP contribution in [0.4, 0.5) is 0 Å². The first-order valence-electron chi connectivity index (χ1n) is 9.76. The molecule has 0 N–H and O–H groups in total. The maximum Gasteiger partial charge on any atom is 0.243 e. The fourth-order valence-corrected chi connectivity index (χ4v) is 4.71. The highest BCUT2D eigenvalue weighted by Gasteiger charge is 2.26. The van der Waals surface area contributed by atoms with Crippen LogP contribution in [0, 0.1) is 0 Å². The van der Waals surface area contributed by atoms with E-state index < -0.39 is 10.0 Å². The van der Waals surface area contributed by atoms with Gasteiger partial charge in [-0.25, -0.2) is 8.42 Å². The van der Waals surface area contributed by atoms with E-state index in [1.165, 1.54) is 0 Å². The van der Waals surface area contributed by atoms with Gasteiger partial charge in [0.05, 0.1) is 11.5 Å². The molecule has 0 aromatic heterocycles. The van der Waals surface area contributed by atoms with Crippen LogP contribution in [0.25, 0.3) is 0 Å². The Kier molecular flexibility index (Phi) is 6.93. The Balaban J connectivity index is 1.67. The molecule has 0 bridgehead atoms. The van der Waals surface area contributed by atoms with Crippen LogP contribution in [0.5, 0.6) is 17.2 Å². The molecule has 7 heteroatoms. The van der Waals surface area contributed by atoms with Crippen LogP contribution >= 0.6 is 0 Å². The maximum absolute atomic E-state index is 13.0. The summed E-state index contributed by atoms with van der Waals surface area (Å²) in [6.07, 6.45) is 0.853. The summed E-state index contributed by atoms with van der Waals surface area (Å²) >= 11 is 0. The first-order valence-corrected chi connectivity index (χ1v) is 11.2. The molecule has 0 saturated carbocycles. The number of nitrogens with zero attached hydrogens (tertiary/aromatic N) is 2. The SMILES string of the molecule is CCOc1ccc(Oc2ccc(S(=O)(=O)N3CCCN(CC)CC3)cc2)cc1. The van der Waals surface area contributed by atoms with E-state index in [0.717, 1.165) is 31.8 Å². The van der Waals surface area contributed by atoms with Crippen LogP contribution in [-0.4, -0.2) is 57.0 Å². The molecule has 28 heavy (non-hydrogen) atoms. The summed E-state index contributed by atoms with van der Waals surface area (Å²) in [5, 5.41) is 0. The van der Waals surface area contributed by atoms with E-state index in [1.807, 2.05) is 31.2 Å². The van der Waals surface area contributed by atoms with Crippen LogP contribution < -0.4 is 9.47 Å². The zero-order valence-electron chi connectivity index (χ0n) is 16.5. The molecule has 0 atom stereocenters. The Bertz CT molecular complexity index is 851. The second kappa shape index (κ2) is 9.41. The lowest BCUT2D eigenvalue weighted by Crippen LogP contribution is -2.35. The Morgan fingerprint density at radius 3 is 2.04 bits per heavy atom. The summed E-state index contributed by atoms with van der Waals surface area (Å²) in [4.78, 5) is 2.58. The molecule has 1 fully saturated rings. The molecule has 152 valence electrons. The van der Waals surface area contributed by atoms with Gasteiger partial charge in [0.25, 0.3) is 0 Å². The average molecular weight is 405 g/mol. The van der Waals surface area contributed by atoms with Crippen molar-refractivity contribution in [3.8, 4) is 17.2 Å². The molecule has 2 aromatic rings. The highest BCUT2D eigenvalue weighted by Crippen LogP contribution is 2.26. The molecule has 1 heterocycles. The van der Waals surface area contributed by atoms with Crippen molar-refractivity contribution in [2.24, 2.45) is 0 Å². The van der Waals surface area contributed by atoms with Gasteiger partial charge in [0, 0.05) is 19.6 Å². The van der Waals surface area contributed by atoms with Crippen molar-refractivity contribution >= 4 is 10.0 Å². The quantitative estimate of drug-likeness (QED) is 0.706. The van der Waals surface area contributed by atoms with Gasteiger partial charge in [0.2, 0.25) is 10.0 Å². The minimum atomic E-state index is -3.48. The molecule has 3 rings (SSSR count). The Morgan fingerprint density at radius 1 is 0.821 bits per heavy atom. The van der Waals surface area contributed by atoms with Crippen LogP contribution in [0.3, 0.4) is 0 Å². The number of likely N-dealkylation sites (N-methyl/N-ethyl adjacent to an activating group) is 1. The summed E-state index contributed by atoms with van der Waals surface area (Å²) in [5.41, 5.74) is 0. The summed E-state index contributed by atoms with van der Waals surface area (Å²) in [6.45, 7) is 8.41. The fourth-order valence-electron chi connectivity index (χ4n) is 3.24. The number of hydrogen-bond donors (Lipinski definition) is 0. The predicted molar refractivity (Wildman–Crippen MR) is 110 cm³/mol. The molecule has 0 radical (unpaired) electrons. The minimum absolute atomic E-state index is 0.302. The molecule has 0 spiro atoms. The van der Waals surface area contributed by atoms with E-state index in [0.29, 0.717) is 36.1 Å². The first-order chi connectivity index (χ1) is 13.5. The summed E-state index contributed by atoms with van der Waals surface area (Å²) in [6, 6.07) is 14.0. The zero-order chi connectivity index (χ0) is 20.0. The van der Waals surface area contributed by atoms with Crippen LogP contribution in [-0.2, 0) is 10.0 Å². The van der Waals surface area contributed by atoms with Crippen LogP contribution in [0.15, 0.2) is 53.4 Å². The van der Waals surface area contributed by atoms with Gasteiger partial charge in [0.1, 0.15) is 17.2 Å². The number of rotatable bonds is 7. The average Bonchev–Trinajstić information content (AvgIpc) is 2.96. The van der Waals surface area contributed by atoms with Crippen molar-refractivity contribution in [3.05, 3.63) is 48.5 Å². The van der Waals surface area contributed by atoms with Gasteiger partial charge < -0.3 is 14.4 Å². The largest absolute Gasteiger partial charge is 0.494 e. The molecule has 0 aliphatic carbocycles. The maximum atomic E-state index is 13.0. The van der Waals surface area contributed by atoms with Gasteiger partial charge >= 0.3 is 0 Å². The van der Waals surface area contributed by atoms with Crippen molar-refractivity contribution in [2.45, 2.75) is 25.2 Å². The van der Waals surface area contributed by atoms with Gasteiger partial charge in [0.15, 0.2) is 0 Å². The molecule has 1 aliphatic rings. The third kappa shape index (κ3) is 5.04. The van der Waals surface area contributed by atoms with Gasteiger partial charge in [-0.1, -0.05) is 6.92 Å². The topological polar surface area (TPSA) is 59.1 Å². The normalized spacial score (nSPS) is 16.5. The molecular formula is C21H28N2O4S. The lowest BCUT2D eigenvalue weighted by atomic mass is 10.3. The zero-order valence-corrected chi connectivity index (χ0v) is 17.3. The van der Waals surface area contributed by atoms with Gasteiger partial charge in [-0.15, -0.1) is 0 Å². The number of ether oxygens (including phenoxy) is 2. The molecule has 2 aromatic carbocycles. The Hall–Kier alpha value is -2.09. The second-order valence-corrected chi connectivity index (χ2v) is 8.61. The highest BCUT2D eigenvalue weighted by molar-refractivity contribution is 7.89. The van der Waals surface area contributed by atoms with E-state index in [4.69, 9.17) is 9.47 Å². The summed E-state index contributed by atoms with van der Waals surface area (Å²) < 4.78 is 38.7. The summed E-state index contributed by atoms with van der Waals surface area (Å²) in [5.74, 6) is 2.05. The lowest BCUT2D eigenvalue weighted by molar-refractivity contribution is 0.302. The molecule has 1 aliphatic heterocycles. The van der Waals surface area contributed by atoms with Crippen molar-refractivity contribution in [1.82, 2.24) is 9.21 Å². The van der Waals surface area contributed by atoms with E-state index in [2.05, 4.69) is 11.8 Å². The first kappa shape index (κ1) is 20.6. The van der Waals surface area contributed by atoms with Crippen LogP contribution in [0.2, 0.25) is 0 Å². The smallest absolute Gasteiger partial charge is 0.243 e. The highest BCUT2D eigenvalue weighted by atomic mass is 32.2. The van der Waals surface area contributed by atoms with E-state index in [9.17, 15) is 8.42 Å². The monoisotopic (exact) mass is 404 g/mol. The lowest BCUT2D eigenvalue weighted by Gasteiger charge is -2.21. The van der Waals surface area contributed by atoms with E-state index >= 15 is 0 Å². The molecule has 0 amide bonds. The number of sulfonamides is 1. The van der Waals surface area contributed by atoms with Crippen LogP contribution in [0.1, 0.15) is 20.3 Å². The third-order valence-electron chi connectivity index (χ3n) is 4.83. The number of benzene rings is 2. The standard InChI is InChI=1S/C21H28N2O4S/c1-3-22-14-5-15-23(17-16-22)28(24,25)21-12-10-20(11-13-21)27-19-8-6-18(7-9-19)26-4-2/h6-13H,3-5,14-17H2,1-2H3. The molecule has 0 unspecified atom stereocenters. The molecular weight excluding hydrogens is 376 g/mol. The van der Waals surface area contributed by atoms with Gasteiger partial charge in [-0.2, -0.15) is 4.31 Å². The van der Waals surface area contributed by atoms with Gasteiger partial charge in [-0.05, 0) is 75.0 Å². The number of hydrogen-bond acceptors (Lipinski definition) is 5. The third-order valence-corrected chi connectivity index (χ3v) is 6.74. The summed E-state index contributed by atoms with van der Waals surface area (Å²) in [7, 11) is -3.48.